The van der Waals surface area contributed by atoms with Gasteiger partial charge in [0.25, 0.3) is 5.91 Å². The molecule has 0 aliphatic rings. The number of carbonyl (C=O) groups excluding carboxylic acids is 5. The molecule has 0 radical (unpaired) electrons. The number of carbonyl (C=O) groups is 5. The summed E-state index contributed by atoms with van der Waals surface area (Å²) in [5.41, 5.74) is 1.43. The van der Waals surface area contributed by atoms with E-state index in [9.17, 15) is 24.0 Å². The lowest BCUT2D eigenvalue weighted by atomic mass is 10.2. The fraction of sp³-hybridized carbons (Fsp3) is 0.320. The van der Waals surface area contributed by atoms with Gasteiger partial charge >= 0.3 is 17.9 Å². The Kier molecular flexibility index (Phi) is 10.4. The van der Waals surface area contributed by atoms with E-state index in [1.807, 2.05) is 13.8 Å². The zero-order valence-electron chi connectivity index (χ0n) is 19.8. The molecule has 35 heavy (non-hydrogen) atoms. The number of hydrogen-bond acceptors (Lipinski definition) is 8. The van der Waals surface area contributed by atoms with Crippen LogP contribution in [0.2, 0.25) is 0 Å². The van der Waals surface area contributed by atoms with Crippen LogP contribution in [-0.2, 0) is 28.6 Å². The van der Waals surface area contributed by atoms with Gasteiger partial charge in [0.05, 0.1) is 31.3 Å². The van der Waals surface area contributed by atoms with E-state index in [4.69, 9.17) is 9.47 Å². The molecule has 186 valence electrons. The number of hydrogen-bond donors (Lipinski definition) is 2. The van der Waals surface area contributed by atoms with Crippen molar-refractivity contribution >= 4 is 41.1 Å². The summed E-state index contributed by atoms with van der Waals surface area (Å²) in [6.45, 7) is 3.61. The molecule has 0 aromatic heterocycles. The molecule has 0 heterocycles. The predicted molar refractivity (Wildman–Crippen MR) is 127 cm³/mol. The number of benzene rings is 2. The molecule has 10 nitrogen and oxygen atoms in total. The van der Waals surface area contributed by atoms with Crippen molar-refractivity contribution in [3.63, 3.8) is 0 Å². The van der Waals surface area contributed by atoms with Crippen LogP contribution in [0.5, 0.6) is 0 Å². The maximum Gasteiger partial charge on any atom is 0.338 e. The number of amides is 2. The average Bonchev–Trinajstić information content (AvgIpc) is 2.84. The first-order valence-corrected chi connectivity index (χ1v) is 10.9. The zero-order valence-corrected chi connectivity index (χ0v) is 19.8. The van der Waals surface area contributed by atoms with Crippen molar-refractivity contribution in [2.24, 2.45) is 5.92 Å². The monoisotopic (exact) mass is 484 g/mol. The molecule has 0 saturated carbocycles. The minimum Gasteiger partial charge on any atom is -0.465 e. The number of ether oxygens (including phenoxy) is 3. The van der Waals surface area contributed by atoms with Gasteiger partial charge in [-0.1, -0.05) is 19.9 Å². The van der Waals surface area contributed by atoms with Crippen molar-refractivity contribution in [1.82, 2.24) is 0 Å². The predicted octanol–water partition coefficient (Wildman–Crippen LogP) is 3.19. The molecule has 0 saturated heterocycles. The molecule has 2 aromatic carbocycles. The second-order valence-electron chi connectivity index (χ2n) is 7.90. The van der Waals surface area contributed by atoms with Gasteiger partial charge in [-0.05, 0) is 48.4 Å². The second kappa shape index (κ2) is 13.5. The van der Waals surface area contributed by atoms with Crippen molar-refractivity contribution in [2.75, 3.05) is 31.0 Å². The van der Waals surface area contributed by atoms with Crippen LogP contribution < -0.4 is 10.6 Å². The molecule has 10 heteroatoms. The lowest BCUT2D eigenvalue weighted by Crippen LogP contribution is -2.22. The summed E-state index contributed by atoms with van der Waals surface area (Å²) >= 11 is 0. The third-order valence-corrected chi connectivity index (χ3v) is 4.44. The zero-order chi connectivity index (χ0) is 25.8. The highest BCUT2D eigenvalue weighted by atomic mass is 16.5. The standard InChI is InChI=1S/C25H28N2O8/c1-16(2)14-35-25(32)18-5-4-6-20(13-18)27-21(28)11-12-23(30)34-15-22(29)26-19-9-7-17(8-10-19)24(31)33-3/h4-10,13,16H,11-12,14-15H2,1-3H3,(H,26,29)(H,27,28). The largest absolute Gasteiger partial charge is 0.465 e. The molecule has 0 bridgehead atoms. The molecule has 0 fully saturated rings. The van der Waals surface area contributed by atoms with E-state index in [0.29, 0.717) is 22.5 Å². The number of esters is 3. The van der Waals surface area contributed by atoms with Gasteiger partial charge in [-0.25, -0.2) is 9.59 Å². The lowest BCUT2D eigenvalue weighted by Gasteiger charge is -2.09. The SMILES string of the molecule is COC(=O)c1ccc(NC(=O)COC(=O)CCC(=O)Nc2cccc(C(=O)OCC(C)C)c2)cc1. The van der Waals surface area contributed by atoms with Gasteiger partial charge < -0.3 is 24.8 Å². The van der Waals surface area contributed by atoms with Crippen molar-refractivity contribution in [3.8, 4) is 0 Å². The van der Waals surface area contributed by atoms with Crippen molar-refractivity contribution in [3.05, 3.63) is 59.7 Å². The van der Waals surface area contributed by atoms with E-state index in [-0.39, 0.29) is 25.4 Å². The minimum absolute atomic E-state index is 0.169. The summed E-state index contributed by atoms with van der Waals surface area (Å²) in [6.07, 6.45) is -0.402. The average molecular weight is 485 g/mol. The summed E-state index contributed by atoms with van der Waals surface area (Å²) in [6, 6.07) is 12.3. The smallest absolute Gasteiger partial charge is 0.338 e. The Bertz CT molecular complexity index is 1060. The minimum atomic E-state index is -0.720. The highest BCUT2D eigenvalue weighted by Gasteiger charge is 2.13. The van der Waals surface area contributed by atoms with Crippen molar-refractivity contribution in [2.45, 2.75) is 26.7 Å². The molecule has 0 spiro atoms. The fourth-order valence-corrected chi connectivity index (χ4v) is 2.71. The Hall–Kier alpha value is -4.21. The van der Waals surface area contributed by atoms with Gasteiger partial charge in [0, 0.05) is 17.8 Å². The molecule has 0 unspecified atom stereocenters. The third kappa shape index (κ3) is 9.66. The summed E-state index contributed by atoms with van der Waals surface area (Å²) in [5, 5.41) is 5.13. The first kappa shape index (κ1) is 27.0. The Morgan fingerprint density at radius 2 is 1.46 bits per heavy atom. The van der Waals surface area contributed by atoms with Gasteiger partial charge in [-0.3, -0.25) is 14.4 Å². The number of anilines is 2. The Labute approximate surface area is 202 Å². The summed E-state index contributed by atoms with van der Waals surface area (Å²) in [5.74, 6) is -2.54. The molecular weight excluding hydrogens is 456 g/mol. The van der Waals surface area contributed by atoms with E-state index >= 15 is 0 Å². The number of methoxy groups -OCH3 is 1. The maximum atomic E-state index is 12.1. The molecule has 2 aromatic rings. The van der Waals surface area contributed by atoms with E-state index in [2.05, 4.69) is 15.4 Å². The van der Waals surface area contributed by atoms with Crippen LogP contribution in [0, 0.1) is 5.92 Å². The maximum absolute atomic E-state index is 12.1. The Morgan fingerprint density at radius 3 is 2.11 bits per heavy atom. The molecule has 2 N–H and O–H groups in total. The van der Waals surface area contributed by atoms with Gasteiger partial charge in [0.1, 0.15) is 0 Å². The molecule has 0 aliphatic heterocycles. The van der Waals surface area contributed by atoms with Gasteiger partial charge in [-0.2, -0.15) is 0 Å². The lowest BCUT2D eigenvalue weighted by molar-refractivity contribution is -0.147. The fourth-order valence-electron chi connectivity index (χ4n) is 2.71. The molecular formula is C25H28N2O8. The van der Waals surface area contributed by atoms with Crippen LogP contribution >= 0.6 is 0 Å². The summed E-state index contributed by atoms with van der Waals surface area (Å²) in [4.78, 5) is 59.4. The van der Waals surface area contributed by atoms with E-state index in [1.54, 1.807) is 18.2 Å². The second-order valence-corrected chi connectivity index (χ2v) is 7.90. The summed E-state index contributed by atoms with van der Waals surface area (Å²) < 4.78 is 14.6. The van der Waals surface area contributed by atoms with Crippen LogP contribution in [0.4, 0.5) is 11.4 Å². The highest BCUT2D eigenvalue weighted by Crippen LogP contribution is 2.13. The van der Waals surface area contributed by atoms with Gasteiger partial charge in [0.2, 0.25) is 5.91 Å². The number of rotatable bonds is 11. The van der Waals surface area contributed by atoms with Crippen LogP contribution in [0.15, 0.2) is 48.5 Å². The highest BCUT2D eigenvalue weighted by molar-refractivity contribution is 5.96. The van der Waals surface area contributed by atoms with E-state index in [1.165, 1.54) is 37.4 Å². The van der Waals surface area contributed by atoms with Crippen molar-refractivity contribution in [1.29, 1.82) is 0 Å². The van der Waals surface area contributed by atoms with Crippen LogP contribution in [0.3, 0.4) is 0 Å². The molecule has 0 aliphatic carbocycles. The van der Waals surface area contributed by atoms with Crippen molar-refractivity contribution < 1.29 is 38.2 Å². The third-order valence-electron chi connectivity index (χ3n) is 4.44. The van der Waals surface area contributed by atoms with E-state index < -0.39 is 36.3 Å². The molecule has 0 atom stereocenters. The van der Waals surface area contributed by atoms with Crippen LogP contribution in [0.1, 0.15) is 47.4 Å². The molecule has 2 rings (SSSR count). The Balaban J connectivity index is 1.73. The quantitative estimate of drug-likeness (QED) is 0.366. The van der Waals surface area contributed by atoms with Gasteiger partial charge in [0.15, 0.2) is 6.61 Å². The van der Waals surface area contributed by atoms with Gasteiger partial charge in [-0.15, -0.1) is 0 Å². The normalized spacial score (nSPS) is 10.3. The first-order chi connectivity index (χ1) is 16.7. The van der Waals surface area contributed by atoms with Crippen LogP contribution in [0.25, 0.3) is 0 Å². The summed E-state index contributed by atoms with van der Waals surface area (Å²) in [7, 11) is 1.26. The molecule has 2 amide bonds. The number of nitrogens with one attached hydrogen (secondary N) is 2. The van der Waals surface area contributed by atoms with E-state index in [0.717, 1.165) is 0 Å². The first-order valence-electron chi connectivity index (χ1n) is 10.9. The topological polar surface area (TPSA) is 137 Å². The van der Waals surface area contributed by atoms with Crippen LogP contribution in [-0.4, -0.2) is 50.0 Å². The Morgan fingerprint density at radius 1 is 0.771 bits per heavy atom.